The van der Waals surface area contributed by atoms with Crippen molar-refractivity contribution in [2.75, 3.05) is 0 Å². The van der Waals surface area contributed by atoms with Gasteiger partial charge in [0.2, 0.25) is 0 Å². The molecule has 0 amide bonds. The van der Waals surface area contributed by atoms with Crippen LogP contribution in [0, 0.1) is 11.3 Å². The molecule has 0 aliphatic rings. The van der Waals surface area contributed by atoms with Crippen LogP contribution in [-0.2, 0) is 0 Å². The Hall–Kier alpha value is -7.72. The van der Waals surface area contributed by atoms with Crippen LogP contribution < -0.4 is 0 Å². The molecule has 0 radical (unpaired) electrons. The van der Waals surface area contributed by atoms with Gasteiger partial charge in [-0.05, 0) is 53.1 Å². The standard InChI is InChI=1S/C52H31N5S/c53-32-33-12-10-15-37(30-33)51-54-50(36-26-24-35(25-27-36)40-19-11-20-44-43-18-6-9-23-48(43)58-49(40)44)55-52(56-51)38-28-29-39(34-13-2-1-3-14-34)47(31-38)57-45-21-7-4-16-41(45)42-17-5-8-22-46(42)57/h1-31H. The van der Waals surface area contributed by atoms with Gasteiger partial charge in [0.05, 0.1) is 28.4 Å². The average molecular weight is 758 g/mol. The number of thiophene rings is 1. The van der Waals surface area contributed by atoms with Crippen molar-refractivity contribution in [3.8, 4) is 68.2 Å². The Bertz CT molecular complexity index is 3360. The third-order valence-electron chi connectivity index (χ3n) is 10.9. The van der Waals surface area contributed by atoms with Gasteiger partial charge in [-0.2, -0.15) is 5.26 Å². The first kappa shape index (κ1) is 33.6. The van der Waals surface area contributed by atoms with Gasteiger partial charge in [-0.15, -0.1) is 11.3 Å². The van der Waals surface area contributed by atoms with Crippen molar-refractivity contribution in [1.82, 2.24) is 19.5 Å². The highest BCUT2D eigenvalue weighted by atomic mass is 32.1. The molecule has 0 saturated carbocycles. The summed E-state index contributed by atoms with van der Waals surface area (Å²) in [5.74, 6) is 1.60. The van der Waals surface area contributed by atoms with Crippen LogP contribution in [0.4, 0.5) is 0 Å². The molecule has 5 nitrogen and oxygen atoms in total. The Labute approximate surface area is 338 Å². The predicted octanol–water partition coefficient (Wildman–Crippen LogP) is 13.5. The molecule has 3 heterocycles. The molecular weight excluding hydrogens is 727 g/mol. The lowest BCUT2D eigenvalue weighted by molar-refractivity contribution is 1.07. The van der Waals surface area contributed by atoms with Crippen LogP contribution in [0.3, 0.4) is 0 Å². The molecular formula is C52H31N5S. The zero-order valence-corrected chi connectivity index (χ0v) is 31.9. The van der Waals surface area contributed by atoms with Crippen molar-refractivity contribution in [2.24, 2.45) is 0 Å². The molecule has 0 bridgehead atoms. The van der Waals surface area contributed by atoms with Crippen LogP contribution in [0.1, 0.15) is 5.56 Å². The predicted molar refractivity (Wildman–Crippen MR) is 239 cm³/mol. The summed E-state index contributed by atoms with van der Waals surface area (Å²) in [6, 6.07) is 67.5. The first-order chi connectivity index (χ1) is 28.7. The van der Waals surface area contributed by atoms with Gasteiger partial charge in [0, 0.05) is 53.2 Å². The van der Waals surface area contributed by atoms with E-state index in [0.717, 1.165) is 50.1 Å². The number of aromatic nitrogens is 4. The van der Waals surface area contributed by atoms with Gasteiger partial charge in [-0.1, -0.05) is 152 Å². The van der Waals surface area contributed by atoms with E-state index in [9.17, 15) is 5.26 Å². The molecule has 0 atom stereocenters. The molecule has 0 N–H and O–H groups in total. The molecule has 6 heteroatoms. The van der Waals surface area contributed by atoms with Gasteiger partial charge in [-0.25, -0.2) is 15.0 Å². The summed E-state index contributed by atoms with van der Waals surface area (Å²) in [6.07, 6.45) is 0. The van der Waals surface area contributed by atoms with Crippen molar-refractivity contribution in [3.05, 3.63) is 194 Å². The minimum atomic E-state index is 0.502. The second-order valence-corrected chi connectivity index (χ2v) is 15.4. The van der Waals surface area contributed by atoms with Crippen LogP contribution in [-0.4, -0.2) is 19.5 Å². The summed E-state index contributed by atoms with van der Waals surface area (Å²) in [5, 5.41) is 14.7. The maximum Gasteiger partial charge on any atom is 0.164 e. The summed E-state index contributed by atoms with van der Waals surface area (Å²) in [6.45, 7) is 0. The lowest BCUT2D eigenvalue weighted by Gasteiger charge is -2.16. The number of hydrogen-bond donors (Lipinski definition) is 0. The van der Waals surface area contributed by atoms with E-state index in [0.29, 0.717) is 23.0 Å². The smallest absolute Gasteiger partial charge is 0.164 e. The van der Waals surface area contributed by atoms with Gasteiger partial charge < -0.3 is 4.57 Å². The monoisotopic (exact) mass is 757 g/mol. The minimum absolute atomic E-state index is 0.502. The number of benzene rings is 8. The average Bonchev–Trinajstić information content (AvgIpc) is 3.85. The van der Waals surface area contributed by atoms with E-state index in [4.69, 9.17) is 15.0 Å². The van der Waals surface area contributed by atoms with E-state index in [1.54, 1.807) is 6.07 Å². The molecule has 11 rings (SSSR count). The number of nitriles is 1. The summed E-state index contributed by atoms with van der Waals surface area (Å²) in [7, 11) is 0. The van der Waals surface area contributed by atoms with Crippen LogP contribution in [0.5, 0.6) is 0 Å². The fourth-order valence-corrected chi connectivity index (χ4v) is 9.40. The molecule has 11 aromatic rings. The maximum atomic E-state index is 9.79. The molecule has 0 fully saturated rings. The Morgan fingerprint density at radius 1 is 0.414 bits per heavy atom. The number of hydrogen-bond acceptors (Lipinski definition) is 5. The zero-order chi connectivity index (χ0) is 38.6. The van der Waals surface area contributed by atoms with E-state index < -0.39 is 0 Å². The molecule has 8 aromatic carbocycles. The van der Waals surface area contributed by atoms with Crippen molar-refractivity contribution in [3.63, 3.8) is 0 Å². The quantitative estimate of drug-likeness (QED) is 0.169. The van der Waals surface area contributed by atoms with E-state index in [1.165, 1.54) is 36.5 Å². The number of rotatable bonds is 6. The van der Waals surface area contributed by atoms with Gasteiger partial charge in [0.25, 0.3) is 0 Å². The number of fused-ring (bicyclic) bond motifs is 6. The van der Waals surface area contributed by atoms with Crippen LogP contribution in [0.15, 0.2) is 188 Å². The lowest BCUT2D eigenvalue weighted by Crippen LogP contribution is -2.02. The molecule has 58 heavy (non-hydrogen) atoms. The summed E-state index contributed by atoms with van der Waals surface area (Å²) < 4.78 is 4.91. The van der Waals surface area contributed by atoms with Crippen LogP contribution in [0.2, 0.25) is 0 Å². The highest BCUT2D eigenvalue weighted by molar-refractivity contribution is 7.26. The Kier molecular flexibility index (Phi) is 7.99. The number of para-hydroxylation sites is 2. The van der Waals surface area contributed by atoms with Crippen molar-refractivity contribution < 1.29 is 0 Å². The van der Waals surface area contributed by atoms with Gasteiger partial charge >= 0.3 is 0 Å². The van der Waals surface area contributed by atoms with Crippen LogP contribution in [0.25, 0.3) is 104 Å². The lowest BCUT2D eigenvalue weighted by atomic mass is 10.00. The molecule has 0 unspecified atom stereocenters. The van der Waals surface area contributed by atoms with E-state index in [1.807, 2.05) is 35.6 Å². The molecule has 3 aromatic heterocycles. The Morgan fingerprint density at radius 2 is 0.948 bits per heavy atom. The van der Waals surface area contributed by atoms with Gasteiger partial charge in [-0.3, -0.25) is 0 Å². The van der Waals surface area contributed by atoms with Crippen molar-refractivity contribution >= 4 is 53.3 Å². The third-order valence-corrected chi connectivity index (χ3v) is 12.1. The number of nitrogens with zero attached hydrogens (tertiary/aromatic N) is 5. The first-order valence-electron chi connectivity index (χ1n) is 19.2. The highest BCUT2D eigenvalue weighted by Crippen LogP contribution is 2.41. The molecule has 0 aliphatic carbocycles. The summed E-state index contributed by atoms with van der Waals surface area (Å²) in [5.41, 5.74) is 10.8. The Balaban J connectivity index is 1.09. The maximum absolute atomic E-state index is 9.79. The van der Waals surface area contributed by atoms with Crippen molar-refractivity contribution in [1.29, 1.82) is 5.26 Å². The fraction of sp³-hybridized carbons (Fsp3) is 0. The SMILES string of the molecule is N#Cc1cccc(-c2nc(-c3ccc(-c4cccc5c4sc4ccccc45)cc3)nc(-c3ccc(-c4ccccc4)c(-n4c5ccccc5c5ccccc54)c3)n2)c1. The summed E-state index contributed by atoms with van der Waals surface area (Å²) >= 11 is 1.83. The van der Waals surface area contributed by atoms with E-state index >= 15 is 0 Å². The van der Waals surface area contributed by atoms with Crippen molar-refractivity contribution in [2.45, 2.75) is 0 Å². The Morgan fingerprint density at radius 3 is 1.67 bits per heavy atom. The zero-order valence-electron chi connectivity index (χ0n) is 31.0. The highest BCUT2D eigenvalue weighted by Gasteiger charge is 2.19. The topological polar surface area (TPSA) is 67.4 Å². The van der Waals surface area contributed by atoms with E-state index in [-0.39, 0.29) is 0 Å². The minimum Gasteiger partial charge on any atom is -0.309 e. The third kappa shape index (κ3) is 5.64. The molecule has 270 valence electrons. The molecule has 0 spiro atoms. The molecule has 0 saturated heterocycles. The fourth-order valence-electron chi connectivity index (χ4n) is 8.16. The van der Waals surface area contributed by atoms with Crippen LogP contribution >= 0.6 is 11.3 Å². The second-order valence-electron chi connectivity index (χ2n) is 14.3. The first-order valence-corrected chi connectivity index (χ1v) is 20.0. The second kappa shape index (κ2) is 13.8. The normalized spacial score (nSPS) is 11.4. The van der Waals surface area contributed by atoms with Gasteiger partial charge in [0.15, 0.2) is 17.5 Å². The van der Waals surface area contributed by atoms with E-state index in [2.05, 4.69) is 168 Å². The van der Waals surface area contributed by atoms with Gasteiger partial charge in [0.1, 0.15) is 0 Å². The summed E-state index contributed by atoms with van der Waals surface area (Å²) in [4.78, 5) is 15.3. The largest absolute Gasteiger partial charge is 0.309 e. The molecule has 0 aliphatic heterocycles.